The molecule has 4 aromatic rings. The molecule has 4 aromatic carbocycles. The third-order valence-corrected chi connectivity index (χ3v) is 10.6. The fraction of sp³-hybridized carbons (Fsp3) is 0.316. The molecule has 0 aromatic heterocycles. The number of hydrogen-bond acceptors (Lipinski definition) is 4. The van der Waals surface area contributed by atoms with Gasteiger partial charge in [0.25, 0.3) is 10.0 Å². The molecule has 7 nitrogen and oxygen atoms in total. The van der Waals surface area contributed by atoms with Crippen molar-refractivity contribution in [3.05, 3.63) is 131 Å². The van der Waals surface area contributed by atoms with Crippen molar-refractivity contribution in [2.45, 2.75) is 76.4 Å². The summed E-state index contributed by atoms with van der Waals surface area (Å²) in [5.74, 6) is -1.48. The average molecular weight is 656 g/mol. The van der Waals surface area contributed by atoms with Gasteiger partial charge in [0.15, 0.2) is 0 Å². The molecule has 1 aliphatic carbocycles. The number of carbonyl (C=O) groups is 2. The van der Waals surface area contributed by atoms with Gasteiger partial charge in [-0.15, -0.1) is 0 Å². The summed E-state index contributed by atoms with van der Waals surface area (Å²) in [4.78, 5) is 30.1. The van der Waals surface area contributed by atoms with Crippen LogP contribution < -0.4 is 9.62 Å². The van der Waals surface area contributed by atoms with Crippen molar-refractivity contribution >= 4 is 27.5 Å². The molecule has 47 heavy (non-hydrogen) atoms. The van der Waals surface area contributed by atoms with E-state index in [-0.39, 0.29) is 35.4 Å². The van der Waals surface area contributed by atoms with Crippen molar-refractivity contribution in [1.82, 2.24) is 10.2 Å². The summed E-state index contributed by atoms with van der Waals surface area (Å²) in [5, 5.41) is 3.14. The van der Waals surface area contributed by atoms with E-state index in [0.717, 1.165) is 46.7 Å². The minimum absolute atomic E-state index is 0.0143. The first-order chi connectivity index (χ1) is 22.5. The summed E-state index contributed by atoms with van der Waals surface area (Å²) in [6, 6.07) is 26.4. The quantitative estimate of drug-likeness (QED) is 0.185. The Morgan fingerprint density at radius 3 is 2.17 bits per heavy atom. The van der Waals surface area contributed by atoms with Gasteiger partial charge in [0.1, 0.15) is 18.4 Å². The number of aryl methyl sites for hydroxylation is 3. The van der Waals surface area contributed by atoms with Crippen molar-refractivity contribution in [2.75, 3.05) is 10.8 Å². The van der Waals surface area contributed by atoms with Gasteiger partial charge in [0, 0.05) is 24.6 Å². The lowest BCUT2D eigenvalue weighted by Crippen LogP contribution is -2.54. The molecular weight excluding hydrogens is 614 g/mol. The van der Waals surface area contributed by atoms with Gasteiger partial charge >= 0.3 is 0 Å². The lowest BCUT2D eigenvalue weighted by Gasteiger charge is -2.34. The second-order valence-corrected chi connectivity index (χ2v) is 14.3. The number of rotatable bonds is 12. The largest absolute Gasteiger partial charge is 0.352 e. The number of hydrogen-bond donors (Lipinski definition) is 1. The highest BCUT2D eigenvalue weighted by atomic mass is 32.2. The molecule has 1 fully saturated rings. The molecular formula is C38H42FN3O4S. The molecule has 9 heteroatoms. The van der Waals surface area contributed by atoms with Crippen LogP contribution in [0.4, 0.5) is 10.1 Å². The van der Waals surface area contributed by atoms with Gasteiger partial charge in [-0.05, 0) is 74.6 Å². The van der Waals surface area contributed by atoms with Crippen molar-refractivity contribution in [3.8, 4) is 0 Å². The van der Waals surface area contributed by atoms with E-state index in [1.54, 1.807) is 43.3 Å². The molecule has 0 bridgehead atoms. The molecule has 0 heterocycles. The summed E-state index contributed by atoms with van der Waals surface area (Å²) < 4.78 is 44.9. The minimum Gasteiger partial charge on any atom is -0.352 e. The van der Waals surface area contributed by atoms with Crippen LogP contribution in [0.1, 0.15) is 53.5 Å². The number of nitrogens with zero attached hydrogens (tertiary/aromatic N) is 2. The molecule has 1 aliphatic rings. The third kappa shape index (κ3) is 8.27. The summed E-state index contributed by atoms with van der Waals surface area (Å²) in [5.41, 5.74) is 3.80. The summed E-state index contributed by atoms with van der Waals surface area (Å²) in [6.45, 7) is 4.71. The standard InChI is InChI=1S/C38H42FN3O4S/c1-27-18-21-33(22-19-27)47(45,46)42(35-23-28(2)17-20-29(35)3)26-37(43)41(25-31-13-7-10-16-34(31)39)36(24-30-11-5-4-6-12-30)38(44)40-32-14-8-9-15-32/h4-7,10-13,16-23,32,36H,8-9,14-15,24-26H2,1-3H3,(H,40,44). The van der Waals surface area contributed by atoms with Crippen LogP contribution in [0.15, 0.2) is 102 Å². The number of amides is 2. The second-order valence-electron chi connectivity index (χ2n) is 12.4. The smallest absolute Gasteiger partial charge is 0.264 e. The average Bonchev–Trinajstić information content (AvgIpc) is 3.57. The van der Waals surface area contributed by atoms with Gasteiger partial charge < -0.3 is 10.2 Å². The van der Waals surface area contributed by atoms with E-state index in [9.17, 15) is 18.0 Å². The molecule has 1 atom stereocenters. The summed E-state index contributed by atoms with van der Waals surface area (Å²) >= 11 is 0. The van der Waals surface area contributed by atoms with Crippen LogP contribution in [0.5, 0.6) is 0 Å². The Labute approximate surface area is 277 Å². The van der Waals surface area contributed by atoms with E-state index >= 15 is 4.39 Å². The Hall–Kier alpha value is -4.50. The monoisotopic (exact) mass is 655 g/mol. The number of anilines is 1. The Balaban J connectivity index is 1.60. The van der Waals surface area contributed by atoms with Gasteiger partial charge in [-0.2, -0.15) is 0 Å². The fourth-order valence-corrected chi connectivity index (χ4v) is 7.54. The zero-order valence-corrected chi connectivity index (χ0v) is 28.0. The first-order valence-corrected chi connectivity index (χ1v) is 17.5. The van der Waals surface area contributed by atoms with E-state index < -0.39 is 34.3 Å². The normalized spacial score (nSPS) is 14.0. The first-order valence-electron chi connectivity index (χ1n) is 16.1. The highest BCUT2D eigenvalue weighted by Crippen LogP contribution is 2.29. The van der Waals surface area contributed by atoms with Crippen molar-refractivity contribution in [2.24, 2.45) is 0 Å². The minimum atomic E-state index is -4.23. The Bertz CT molecular complexity index is 1810. The zero-order valence-electron chi connectivity index (χ0n) is 27.2. The molecule has 5 rings (SSSR count). The number of nitrogens with one attached hydrogen (secondary N) is 1. The van der Waals surface area contributed by atoms with E-state index in [0.29, 0.717) is 11.3 Å². The number of carbonyl (C=O) groups excluding carboxylic acids is 2. The van der Waals surface area contributed by atoms with Crippen molar-refractivity contribution in [3.63, 3.8) is 0 Å². The molecule has 0 saturated heterocycles. The number of benzene rings is 4. The Morgan fingerprint density at radius 2 is 1.49 bits per heavy atom. The van der Waals surface area contributed by atoms with Crippen LogP contribution in [-0.2, 0) is 32.6 Å². The van der Waals surface area contributed by atoms with Gasteiger partial charge in [-0.3, -0.25) is 13.9 Å². The topological polar surface area (TPSA) is 86.8 Å². The number of halogens is 1. The third-order valence-electron chi connectivity index (χ3n) is 8.79. The lowest BCUT2D eigenvalue weighted by atomic mass is 10.0. The maximum Gasteiger partial charge on any atom is 0.264 e. The lowest BCUT2D eigenvalue weighted by molar-refractivity contribution is -0.140. The van der Waals surface area contributed by atoms with Crippen LogP contribution in [0, 0.1) is 26.6 Å². The Morgan fingerprint density at radius 1 is 0.851 bits per heavy atom. The van der Waals surface area contributed by atoms with Crippen LogP contribution in [0.2, 0.25) is 0 Å². The molecule has 1 unspecified atom stereocenters. The zero-order chi connectivity index (χ0) is 33.6. The molecule has 1 N–H and O–H groups in total. The van der Waals surface area contributed by atoms with Crippen LogP contribution in [0.25, 0.3) is 0 Å². The van der Waals surface area contributed by atoms with E-state index in [1.165, 1.54) is 23.1 Å². The van der Waals surface area contributed by atoms with Gasteiger partial charge in [0.2, 0.25) is 11.8 Å². The van der Waals surface area contributed by atoms with Crippen LogP contribution >= 0.6 is 0 Å². The maximum atomic E-state index is 15.2. The van der Waals surface area contributed by atoms with E-state index in [4.69, 9.17) is 0 Å². The summed E-state index contributed by atoms with van der Waals surface area (Å²) in [7, 11) is -4.23. The summed E-state index contributed by atoms with van der Waals surface area (Å²) in [6.07, 6.45) is 3.88. The fourth-order valence-electron chi connectivity index (χ4n) is 6.07. The van der Waals surface area contributed by atoms with E-state index in [2.05, 4.69) is 5.32 Å². The molecule has 246 valence electrons. The highest BCUT2D eigenvalue weighted by Gasteiger charge is 2.36. The maximum absolute atomic E-state index is 15.2. The predicted octanol–water partition coefficient (Wildman–Crippen LogP) is 6.65. The SMILES string of the molecule is Cc1ccc(S(=O)(=O)N(CC(=O)N(Cc2ccccc2F)C(Cc2ccccc2)C(=O)NC2CCCC2)c2cc(C)ccc2C)cc1. The first kappa shape index (κ1) is 33.9. The second kappa shape index (κ2) is 14.9. The van der Waals surface area contributed by atoms with Gasteiger partial charge in [-0.25, -0.2) is 12.8 Å². The van der Waals surface area contributed by atoms with Crippen molar-refractivity contribution in [1.29, 1.82) is 0 Å². The molecule has 2 amide bonds. The number of sulfonamides is 1. The van der Waals surface area contributed by atoms with Crippen LogP contribution in [0.3, 0.4) is 0 Å². The molecule has 0 spiro atoms. The van der Waals surface area contributed by atoms with E-state index in [1.807, 2.05) is 56.3 Å². The van der Waals surface area contributed by atoms with Gasteiger partial charge in [0.05, 0.1) is 10.6 Å². The van der Waals surface area contributed by atoms with Crippen LogP contribution in [-0.4, -0.2) is 43.8 Å². The molecule has 0 aliphatic heterocycles. The highest BCUT2D eigenvalue weighted by molar-refractivity contribution is 7.92. The predicted molar refractivity (Wildman–Crippen MR) is 183 cm³/mol. The van der Waals surface area contributed by atoms with Crippen molar-refractivity contribution < 1.29 is 22.4 Å². The Kier molecular flexibility index (Phi) is 10.8. The molecule has 1 saturated carbocycles. The molecule has 0 radical (unpaired) electrons. The van der Waals surface area contributed by atoms with Gasteiger partial charge in [-0.1, -0.05) is 91.2 Å².